The second kappa shape index (κ2) is 9.12. The smallest absolute Gasteiger partial charge is 0.315 e. The first kappa shape index (κ1) is 21.9. The number of esters is 1. The molecule has 170 valence electrons. The third-order valence-electron chi connectivity index (χ3n) is 6.61. The average Bonchev–Trinajstić information content (AvgIpc) is 3.16. The van der Waals surface area contributed by atoms with Crippen LogP contribution in [-0.2, 0) is 14.3 Å². The number of carbonyl (C=O) groups is 2. The van der Waals surface area contributed by atoms with E-state index in [0.717, 1.165) is 33.0 Å². The van der Waals surface area contributed by atoms with Gasteiger partial charge in [-0.3, -0.25) is 9.59 Å². The molecule has 4 aromatic rings. The van der Waals surface area contributed by atoms with Crippen molar-refractivity contribution in [2.75, 3.05) is 6.61 Å². The van der Waals surface area contributed by atoms with E-state index < -0.39 is 23.9 Å². The van der Waals surface area contributed by atoms with Gasteiger partial charge >= 0.3 is 11.9 Å². The Balaban J connectivity index is 1.47. The molecule has 34 heavy (non-hydrogen) atoms. The SMILES string of the molecule is N[C@@H](CC(=O)O)[C@H](C(=O)OCC1c2ccccc2-c2ccccc21)c1cccc2ccccc12. The molecule has 5 rings (SSSR count). The molecule has 0 bridgehead atoms. The maximum absolute atomic E-state index is 13.5. The highest BCUT2D eigenvalue weighted by atomic mass is 16.5. The summed E-state index contributed by atoms with van der Waals surface area (Å²) in [5, 5.41) is 11.2. The van der Waals surface area contributed by atoms with Crippen molar-refractivity contribution in [1.82, 2.24) is 0 Å². The molecule has 3 N–H and O–H groups in total. The fraction of sp³-hybridized carbons (Fsp3) is 0.172. The summed E-state index contributed by atoms with van der Waals surface area (Å²) in [6, 6.07) is 28.7. The Morgan fingerprint density at radius 1 is 0.824 bits per heavy atom. The number of carboxylic acids is 1. The van der Waals surface area contributed by atoms with Crippen LogP contribution < -0.4 is 5.73 Å². The van der Waals surface area contributed by atoms with Crippen LogP contribution in [0, 0.1) is 0 Å². The minimum atomic E-state index is -1.05. The number of nitrogens with two attached hydrogens (primary N) is 1. The van der Waals surface area contributed by atoms with Gasteiger partial charge in [0.25, 0.3) is 0 Å². The average molecular weight is 452 g/mol. The highest BCUT2D eigenvalue weighted by Gasteiger charge is 2.34. The number of aliphatic carboxylic acids is 1. The summed E-state index contributed by atoms with van der Waals surface area (Å²) in [5.74, 6) is -2.54. The molecule has 4 aromatic carbocycles. The van der Waals surface area contributed by atoms with Gasteiger partial charge in [0.15, 0.2) is 0 Å². The number of rotatable bonds is 7. The van der Waals surface area contributed by atoms with Crippen LogP contribution in [0.5, 0.6) is 0 Å². The Hall–Kier alpha value is -3.96. The van der Waals surface area contributed by atoms with Crippen LogP contribution in [0.3, 0.4) is 0 Å². The topological polar surface area (TPSA) is 89.6 Å². The molecule has 0 fully saturated rings. The van der Waals surface area contributed by atoms with Crippen molar-refractivity contribution in [3.63, 3.8) is 0 Å². The highest BCUT2D eigenvalue weighted by Crippen LogP contribution is 2.44. The Morgan fingerprint density at radius 2 is 1.41 bits per heavy atom. The molecule has 0 saturated heterocycles. The molecular formula is C29H25NO4. The quantitative estimate of drug-likeness (QED) is 0.383. The van der Waals surface area contributed by atoms with Gasteiger partial charge < -0.3 is 15.6 Å². The fourth-order valence-electron chi connectivity index (χ4n) is 5.07. The molecule has 0 radical (unpaired) electrons. The van der Waals surface area contributed by atoms with Gasteiger partial charge in [0.1, 0.15) is 6.61 Å². The van der Waals surface area contributed by atoms with E-state index in [1.54, 1.807) is 0 Å². The molecular weight excluding hydrogens is 426 g/mol. The van der Waals surface area contributed by atoms with Crippen LogP contribution in [0.2, 0.25) is 0 Å². The van der Waals surface area contributed by atoms with E-state index in [4.69, 9.17) is 10.5 Å². The largest absolute Gasteiger partial charge is 0.481 e. The zero-order valence-corrected chi connectivity index (χ0v) is 18.6. The van der Waals surface area contributed by atoms with Crippen LogP contribution >= 0.6 is 0 Å². The van der Waals surface area contributed by atoms with Gasteiger partial charge in [-0.05, 0) is 38.6 Å². The molecule has 0 amide bonds. The van der Waals surface area contributed by atoms with E-state index >= 15 is 0 Å². The van der Waals surface area contributed by atoms with E-state index in [-0.39, 0.29) is 18.9 Å². The fourth-order valence-corrected chi connectivity index (χ4v) is 5.07. The summed E-state index contributed by atoms with van der Waals surface area (Å²) in [6.45, 7) is 0.161. The Labute approximate surface area is 197 Å². The predicted octanol–water partition coefficient (Wildman–Crippen LogP) is 5.08. The highest BCUT2D eigenvalue weighted by molar-refractivity contribution is 5.92. The molecule has 0 unspecified atom stereocenters. The molecule has 5 nitrogen and oxygen atoms in total. The third-order valence-corrected chi connectivity index (χ3v) is 6.61. The van der Waals surface area contributed by atoms with Crippen LogP contribution in [0.15, 0.2) is 91.0 Å². The van der Waals surface area contributed by atoms with Gasteiger partial charge in [-0.15, -0.1) is 0 Å². The number of benzene rings is 4. The predicted molar refractivity (Wildman–Crippen MR) is 132 cm³/mol. The lowest BCUT2D eigenvalue weighted by Gasteiger charge is -2.24. The first-order chi connectivity index (χ1) is 16.5. The van der Waals surface area contributed by atoms with Gasteiger partial charge in [0.05, 0.1) is 12.3 Å². The van der Waals surface area contributed by atoms with Crippen molar-refractivity contribution in [2.24, 2.45) is 5.73 Å². The third kappa shape index (κ3) is 3.95. The summed E-state index contributed by atoms with van der Waals surface area (Å²) in [6.07, 6.45) is -0.335. The summed E-state index contributed by atoms with van der Waals surface area (Å²) in [5.41, 5.74) is 11.5. The summed E-state index contributed by atoms with van der Waals surface area (Å²) < 4.78 is 5.90. The van der Waals surface area contributed by atoms with Gasteiger partial charge in [-0.1, -0.05) is 91.0 Å². The van der Waals surface area contributed by atoms with E-state index in [1.165, 1.54) is 0 Å². The van der Waals surface area contributed by atoms with Crippen LogP contribution in [0.25, 0.3) is 21.9 Å². The second-order valence-electron chi connectivity index (χ2n) is 8.66. The Kier molecular flexibility index (Phi) is 5.86. The number of hydrogen-bond donors (Lipinski definition) is 2. The second-order valence-corrected chi connectivity index (χ2v) is 8.66. The van der Waals surface area contributed by atoms with Crippen molar-refractivity contribution >= 4 is 22.7 Å². The number of carbonyl (C=O) groups excluding carboxylic acids is 1. The van der Waals surface area contributed by atoms with Crippen molar-refractivity contribution in [3.05, 3.63) is 108 Å². The minimum Gasteiger partial charge on any atom is -0.481 e. The van der Waals surface area contributed by atoms with Crippen molar-refractivity contribution in [1.29, 1.82) is 0 Å². The Bertz CT molecular complexity index is 1330. The van der Waals surface area contributed by atoms with Crippen LogP contribution in [0.1, 0.15) is 34.9 Å². The van der Waals surface area contributed by atoms with E-state index in [0.29, 0.717) is 5.56 Å². The van der Waals surface area contributed by atoms with E-state index in [2.05, 4.69) is 24.3 Å². The van der Waals surface area contributed by atoms with Gasteiger partial charge in [0.2, 0.25) is 0 Å². The zero-order chi connectivity index (χ0) is 23.7. The monoisotopic (exact) mass is 451 g/mol. The van der Waals surface area contributed by atoms with Gasteiger partial charge in [-0.2, -0.15) is 0 Å². The molecule has 0 heterocycles. The molecule has 1 aliphatic rings. The number of hydrogen-bond acceptors (Lipinski definition) is 4. The standard InChI is InChI=1S/C29H25NO4/c30-26(16-27(31)32)28(24-15-7-9-18-8-1-2-10-19(18)24)29(33)34-17-25-22-13-5-3-11-20(22)21-12-4-6-14-23(21)25/h1-15,25-26,28H,16-17,30H2,(H,31,32)/t26-,28+/m0/s1. The molecule has 0 aromatic heterocycles. The molecule has 1 aliphatic carbocycles. The van der Waals surface area contributed by atoms with E-state index in [1.807, 2.05) is 66.7 Å². The maximum atomic E-state index is 13.5. The number of carboxylic acid groups (broad SMARTS) is 1. The minimum absolute atomic E-state index is 0.0831. The maximum Gasteiger partial charge on any atom is 0.315 e. The van der Waals surface area contributed by atoms with Crippen molar-refractivity contribution in [3.8, 4) is 11.1 Å². The first-order valence-corrected chi connectivity index (χ1v) is 11.3. The van der Waals surface area contributed by atoms with Gasteiger partial charge in [-0.25, -0.2) is 0 Å². The molecule has 0 spiro atoms. The molecule has 2 atom stereocenters. The zero-order valence-electron chi connectivity index (χ0n) is 18.6. The summed E-state index contributed by atoms with van der Waals surface area (Å²) in [4.78, 5) is 24.9. The molecule has 0 aliphatic heterocycles. The Morgan fingerprint density at radius 3 is 2.09 bits per heavy atom. The molecule has 5 heteroatoms. The first-order valence-electron chi connectivity index (χ1n) is 11.3. The molecule has 0 saturated carbocycles. The lowest BCUT2D eigenvalue weighted by molar-refractivity contribution is -0.146. The van der Waals surface area contributed by atoms with E-state index in [9.17, 15) is 14.7 Å². The number of fused-ring (bicyclic) bond motifs is 4. The summed E-state index contributed by atoms with van der Waals surface area (Å²) >= 11 is 0. The van der Waals surface area contributed by atoms with Crippen LogP contribution in [-0.4, -0.2) is 29.7 Å². The lowest BCUT2D eigenvalue weighted by Crippen LogP contribution is -2.37. The summed E-state index contributed by atoms with van der Waals surface area (Å²) in [7, 11) is 0. The van der Waals surface area contributed by atoms with Crippen LogP contribution in [0.4, 0.5) is 0 Å². The normalized spacial score (nSPS) is 14.3. The van der Waals surface area contributed by atoms with Crippen molar-refractivity contribution in [2.45, 2.75) is 24.3 Å². The number of ether oxygens (including phenoxy) is 1. The van der Waals surface area contributed by atoms with Gasteiger partial charge in [0, 0.05) is 12.0 Å². The lowest BCUT2D eigenvalue weighted by atomic mass is 9.86. The van der Waals surface area contributed by atoms with Crippen molar-refractivity contribution < 1.29 is 19.4 Å².